The largest absolute Gasteiger partial charge is 0.493 e. The number of ether oxygens (including phenoxy) is 4. The first kappa shape index (κ1) is 22.1. The molecule has 0 aliphatic carbocycles. The van der Waals surface area contributed by atoms with E-state index in [0.29, 0.717) is 39.0 Å². The van der Waals surface area contributed by atoms with E-state index in [1.165, 1.54) is 20.3 Å². The molecule has 1 aliphatic heterocycles. The lowest BCUT2D eigenvalue weighted by atomic mass is 9.83. The fourth-order valence-corrected chi connectivity index (χ4v) is 3.93. The molecule has 0 spiro atoms. The van der Waals surface area contributed by atoms with Gasteiger partial charge in [-0.15, -0.1) is 0 Å². The molecule has 166 valence electrons. The second kappa shape index (κ2) is 9.15. The van der Waals surface area contributed by atoms with Gasteiger partial charge in [-0.3, -0.25) is 0 Å². The molecule has 33 heavy (non-hydrogen) atoms. The number of fused-ring (bicyclic) bond motifs is 1. The lowest BCUT2D eigenvalue weighted by molar-refractivity contribution is 0.0734. The van der Waals surface area contributed by atoms with Crippen LogP contribution in [-0.2, 0) is 0 Å². The maximum atomic E-state index is 12.5. The van der Waals surface area contributed by atoms with Crippen LogP contribution in [0.3, 0.4) is 0 Å². The van der Waals surface area contributed by atoms with Gasteiger partial charge in [0.05, 0.1) is 25.7 Å². The van der Waals surface area contributed by atoms with E-state index in [1.54, 1.807) is 48.5 Å². The van der Waals surface area contributed by atoms with Crippen LogP contribution in [0.5, 0.6) is 23.0 Å². The summed E-state index contributed by atoms with van der Waals surface area (Å²) in [5.41, 5.74) is 7.99. The van der Waals surface area contributed by atoms with Gasteiger partial charge in [-0.1, -0.05) is 35.9 Å². The monoisotopic (exact) mass is 462 g/mol. The highest BCUT2D eigenvalue weighted by Gasteiger charge is 2.33. The summed E-state index contributed by atoms with van der Waals surface area (Å²) >= 11 is 5.96. The zero-order valence-electron chi connectivity index (χ0n) is 17.8. The van der Waals surface area contributed by atoms with Crippen LogP contribution in [0.1, 0.15) is 27.4 Å². The Kier molecular flexibility index (Phi) is 6.11. The van der Waals surface area contributed by atoms with Crippen molar-refractivity contribution in [3.8, 4) is 29.1 Å². The third-order valence-corrected chi connectivity index (χ3v) is 5.44. The van der Waals surface area contributed by atoms with Gasteiger partial charge in [-0.05, 0) is 30.3 Å². The average molecular weight is 463 g/mol. The summed E-state index contributed by atoms with van der Waals surface area (Å²) in [6.45, 7) is 0. The fourth-order valence-electron chi connectivity index (χ4n) is 3.74. The van der Waals surface area contributed by atoms with Gasteiger partial charge in [0.15, 0.2) is 11.5 Å². The van der Waals surface area contributed by atoms with E-state index in [4.69, 9.17) is 36.3 Å². The molecule has 3 aromatic rings. The minimum Gasteiger partial charge on any atom is -0.493 e. The van der Waals surface area contributed by atoms with Gasteiger partial charge in [-0.2, -0.15) is 5.26 Å². The predicted octanol–water partition coefficient (Wildman–Crippen LogP) is 4.79. The van der Waals surface area contributed by atoms with E-state index in [9.17, 15) is 10.1 Å². The fraction of sp³-hybridized carbons (Fsp3) is 0.120. The summed E-state index contributed by atoms with van der Waals surface area (Å²) in [6, 6.07) is 18.9. The van der Waals surface area contributed by atoms with Gasteiger partial charge < -0.3 is 24.7 Å². The Hall–Kier alpha value is -4.15. The maximum Gasteiger partial charge on any atom is 0.343 e. The van der Waals surface area contributed by atoms with Crippen LogP contribution >= 0.6 is 11.6 Å². The van der Waals surface area contributed by atoms with Gasteiger partial charge >= 0.3 is 5.97 Å². The molecule has 4 rings (SSSR count). The van der Waals surface area contributed by atoms with Crippen molar-refractivity contribution in [2.24, 2.45) is 5.73 Å². The van der Waals surface area contributed by atoms with Crippen molar-refractivity contribution in [3.05, 3.63) is 93.8 Å². The maximum absolute atomic E-state index is 12.5. The van der Waals surface area contributed by atoms with Crippen LogP contribution in [0.2, 0.25) is 5.02 Å². The normalized spacial score (nSPS) is 14.5. The molecular weight excluding hydrogens is 444 g/mol. The third kappa shape index (κ3) is 4.16. The van der Waals surface area contributed by atoms with Crippen molar-refractivity contribution in [1.29, 1.82) is 5.26 Å². The zero-order chi connectivity index (χ0) is 23.5. The van der Waals surface area contributed by atoms with Crippen molar-refractivity contribution < 1.29 is 23.7 Å². The number of benzene rings is 3. The lowest BCUT2D eigenvalue weighted by Crippen LogP contribution is -2.21. The SMILES string of the molecule is COc1cccc(C2C(C#N)=C(N)Oc3cc(OC(=O)c4cccc(Cl)c4)ccc32)c1OC. The molecule has 1 heterocycles. The molecule has 3 aromatic carbocycles. The molecule has 1 aliphatic rings. The summed E-state index contributed by atoms with van der Waals surface area (Å²) in [4.78, 5) is 12.5. The molecule has 0 aromatic heterocycles. The van der Waals surface area contributed by atoms with Gasteiger partial charge in [0.25, 0.3) is 0 Å². The molecule has 2 N–H and O–H groups in total. The van der Waals surface area contributed by atoms with E-state index < -0.39 is 11.9 Å². The third-order valence-electron chi connectivity index (χ3n) is 5.21. The molecule has 1 unspecified atom stereocenters. The zero-order valence-corrected chi connectivity index (χ0v) is 18.6. The minimum atomic E-state index is -0.569. The highest BCUT2D eigenvalue weighted by molar-refractivity contribution is 6.30. The number of hydrogen-bond acceptors (Lipinski definition) is 7. The quantitative estimate of drug-likeness (QED) is 0.429. The molecule has 8 heteroatoms. The number of para-hydroxylation sites is 1. The minimum absolute atomic E-state index is 0.0433. The van der Waals surface area contributed by atoms with Crippen LogP contribution in [0.15, 0.2) is 72.1 Å². The summed E-state index contributed by atoms with van der Waals surface area (Å²) in [6.07, 6.45) is 0. The standard InChI is InChI=1S/C25H19ClN2O5/c1-30-20-8-4-7-18(23(20)31-2)22-17-10-9-16(12-21(17)33-24(28)19(22)13-27)32-25(29)14-5-3-6-15(26)11-14/h3-12,22H,28H2,1-2H3. The molecule has 0 fully saturated rings. The number of halogens is 1. The first-order valence-corrected chi connectivity index (χ1v) is 10.2. The molecule has 0 amide bonds. The van der Waals surface area contributed by atoms with Crippen LogP contribution < -0.4 is 24.7 Å². The topological polar surface area (TPSA) is 104 Å². The highest BCUT2D eigenvalue weighted by atomic mass is 35.5. The van der Waals surface area contributed by atoms with E-state index in [2.05, 4.69) is 6.07 Å². The van der Waals surface area contributed by atoms with Gasteiger partial charge in [0.1, 0.15) is 23.1 Å². The number of nitriles is 1. The number of esters is 1. The Morgan fingerprint density at radius 1 is 1.06 bits per heavy atom. The van der Waals surface area contributed by atoms with Gasteiger partial charge in [0.2, 0.25) is 5.88 Å². The molecule has 0 radical (unpaired) electrons. The number of carbonyl (C=O) groups excluding carboxylic acids is 1. The van der Waals surface area contributed by atoms with Crippen LogP contribution in [0.25, 0.3) is 0 Å². The Balaban J connectivity index is 1.75. The van der Waals surface area contributed by atoms with Gasteiger partial charge in [0, 0.05) is 22.2 Å². The van der Waals surface area contributed by atoms with Crippen molar-refractivity contribution in [2.75, 3.05) is 14.2 Å². The first-order valence-electron chi connectivity index (χ1n) is 9.87. The Morgan fingerprint density at radius 2 is 1.85 bits per heavy atom. The molecule has 0 bridgehead atoms. The molecule has 0 saturated heterocycles. The number of carbonyl (C=O) groups is 1. The van der Waals surface area contributed by atoms with Crippen LogP contribution in [0.4, 0.5) is 0 Å². The Labute approximate surface area is 195 Å². The van der Waals surface area contributed by atoms with E-state index in [0.717, 1.165) is 0 Å². The first-order chi connectivity index (χ1) is 16.0. The van der Waals surface area contributed by atoms with E-state index in [1.807, 2.05) is 6.07 Å². The number of hydrogen-bond donors (Lipinski definition) is 1. The summed E-state index contributed by atoms with van der Waals surface area (Å²) in [5.74, 6) is 0.432. The van der Waals surface area contributed by atoms with Crippen LogP contribution in [0, 0.1) is 11.3 Å². The summed E-state index contributed by atoms with van der Waals surface area (Å²) in [7, 11) is 3.06. The smallest absolute Gasteiger partial charge is 0.343 e. The number of rotatable bonds is 5. The number of nitrogens with two attached hydrogens (primary N) is 1. The van der Waals surface area contributed by atoms with E-state index >= 15 is 0 Å². The van der Waals surface area contributed by atoms with E-state index in [-0.39, 0.29) is 17.2 Å². The lowest BCUT2D eigenvalue weighted by Gasteiger charge is -2.28. The van der Waals surface area contributed by atoms with Gasteiger partial charge in [-0.25, -0.2) is 4.79 Å². The second-order valence-electron chi connectivity index (χ2n) is 7.11. The molecule has 7 nitrogen and oxygen atoms in total. The number of allylic oxidation sites excluding steroid dienone is 1. The molecule has 0 saturated carbocycles. The van der Waals surface area contributed by atoms with Crippen molar-refractivity contribution >= 4 is 17.6 Å². The average Bonchev–Trinajstić information content (AvgIpc) is 2.82. The second-order valence-corrected chi connectivity index (χ2v) is 7.54. The Morgan fingerprint density at radius 3 is 2.55 bits per heavy atom. The highest BCUT2D eigenvalue weighted by Crippen LogP contribution is 2.47. The summed E-state index contributed by atoms with van der Waals surface area (Å²) in [5, 5.41) is 10.2. The summed E-state index contributed by atoms with van der Waals surface area (Å²) < 4.78 is 22.2. The number of nitrogens with zero attached hydrogens (tertiary/aromatic N) is 1. The molecule has 1 atom stereocenters. The van der Waals surface area contributed by atoms with Crippen molar-refractivity contribution in [3.63, 3.8) is 0 Å². The Bertz CT molecular complexity index is 1310. The van der Waals surface area contributed by atoms with Crippen molar-refractivity contribution in [2.45, 2.75) is 5.92 Å². The van der Waals surface area contributed by atoms with Crippen molar-refractivity contribution in [1.82, 2.24) is 0 Å². The number of methoxy groups -OCH3 is 2. The van der Waals surface area contributed by atoms with Crippen LogP contribution in [-0.4, -0.2) is 20.2 Å². The molecular formula is C25H19ClN2O5. The predicted molar refractivity (Wildman–Crippen MR) is 122 cm³/mol.